The molecule has 0 aromatic heterocycles. The second-order valence-electron chi connectivity index (χ2n) is 3.70. The lowest BCUT2D eigenvalue weighted by molar-refractivity contribution is 0.0692. The average Bonchev–Trinajstić information content (AvgIpc) is 2.30. The quantitative estimate of drug-likeness (QED) is 0.886. The summed E-state index contributed by atoms with van der Waals surface area (Å²) in [5.74, 6) is -2.44. The number of amides is 2. The number of aromatic carboxylic acids is 1. The van der Waals surface area contributed by atoms with E-state index in [0.717, 1.165) is 30.1 Å². The number of nitrogens with one attached hydrogen (secondary N) is 1. The van der Waals surface area contributed by atoms with Gasteiger partial charge >= 0.3 is 12.0 Å². The highest BCUT2D eigenvalue weighted by Gasteiger charge is 2.16. The predicted octanol–water partition coefficient (Wildman–Crippen LogP) is 2.25. The number of benzene rings is 1. The summed E-state index contributed by atoms with van der Waals surface area (Å²) in [7, 11) is 1.16. The molecule has 0 aliphatic rings. The highest BCUT2D eigenvalue weighted by atomic mass is 19.3. The van der Waals surface area contributed by atoms with E-state index >= 15 is 0 Å². The molecule has 0 spiro atoms. The van der Waals surface area contributed by atoms with Crippen LogP contribution in [0.15, 0.2) is 18.2 Å². The Labute approximate surface area is 106 Å². The summed E-state index contributed by atoms with van der Waals surface area (Å²) < 4.78 is 37.2. The van der Waals surface area contributed by atoms with Crippen molar-refractivity contribution in [2.75, 3.05) is 18.9 Å². The van der Waals surface area contributed by atoms with E-state index in [1.54, 1.807) is 0 Å². The molecule has 1 aromatic carbocycles. The van der Waals surface area contributed by atoms with Crippen LogP contribution < -0.4 is 5.32 Å². The van der Waals surface area contributed by atoms with Crippen LogP contribution in [0.1, 0.15) is 10.4 Å². The normalized spacial score (nSPS) is 10.4. The van der Waals surface area contributed by atoms with Gasteiger partial charge in [-0.15, -0.1) is 0 Å². The third kappa shape index (κ3) is 4.16. The van der Waals surface area contributed by atoms with Crippen LogP contribution in [0.3, 0.4) is 0 Å². The van der Waals surface area contributed by atoms with Crippen molar-refractivity contribution in [2.24, 2.45) is 0 Å². The van der Waals surface area contributed by atoms with Crippen LogP contribution in [-0.2, 0) is 0 Å². The van der Waals surface area contributed by atoms with Crippen molar-refractivity contribution in [3.05, 3.63) is 29.6 Å². The van der Waals surface area contributed by atoms with Crippen molar-refractivity contribution >= 4 is 17.7 Å². The number of urea groups is 1. The molecule has 1 rings (SSSR count). The topological polar surface area (TPSA) is 69.6 Å². The van der Waals surface area contributed by atoms with Crippen LogP contribution in [0.5, 0.6) is 0 Å². The summed E-state index contributed by atoms with van der Waals surface area (Å²) in [5, 5.41) is 10.9. The van der Waals surface area contributed by atoms with Crippen LogP contribution in [0, 0.1) is 5.82 Å². The molecule has 8 heteroatoms. The Hall–Kier alpha value is -2.25. The number of hydrogen-bond donors (Lipinski definition) is 2. The maximum Gasteiger partial charge on any atom is 0.338 e. The zero-order chi connectivity index (χ0) is 14.6. The maximum atomic E-state index is 13.1. The number of carboxylic acid groups (broad SMARTS) is 1. The van der Waals surface area contributed by atoms with E-state index in [4.69, 9.17) is 5.11 Å². The van der Waals surface area contributed by atoms with E-state index < -0.39 is 36.4 Å². The molecule has 0 heterocycles. The first-order chi connectivity index (χ1) is 8.81. The van der Waals surface area contributed by atoms with Gasteiger partial charge in [0.25, 0.3) is 6.43 Å². The standard InChI is InChI=1S/C11H11F3N2O3/c1-16(5-9(13)14)11(19)15-6-2-3-8(12)7(4-6)10(17)18/h2-4,9H,5H2,1H3,(H,15,19)(H,17,18). The first kappa shape index (κ1) is 14.8. The molecule has 0 unspecified atom stereocenters. The molecule has 1 aromatic rings. The summed E-state index contributed by atoms with van der Waals surface area (Å²) in [4.78, 5) is 22.9. The van der Waals surface area contributed by atoms with Crippen LogP contribution in [0.25, 0.3) is 0 Å². The van der Waals surface area contributed by atoms with Gasteiger partial charge in [-0.1, -0.05) is 0 Å². The van der Waals surface area contributed by atoms with E-state index in [1.165, 1.54) is 0 Å². The molecule has 0 radical (unpaired) electrons. The van der Waals surface area contributed by atoms with Crippen LogP contribution in [-0.4, -0.2) is 42.0 Å². The number of anilines is 1. The highest BCUT2D eigenvalue weighted by Crippen LogP contribution is 2.15. The molecule has 5 nitrogen and oxygen atoms in total. The van der Waals surface area contributed by atoms with E-state index in [9.17, 15) is 22.8 Å². The minimum Gasteiger partial charge on any atom is -0.478 e. The van der Waals surface area contributed by atoms with Crippen molar-refractivity contribution in [3.8, 4) is 0 Å². The Morgan fingerprint density at radius 1 is 1.42 bits per heavy atom. The number of hydrogen-bond acceptors (Lipinski definition) is 2. The zero-order valence-corrected chi connectivity index (χ0v) is 9.86. The fourth-order valence-corrected chi connectivity index (χ4v) is 1.28. The van der Waals surface area contributed by atoms with Gasteiger partial charge in [0, 0.05) is 12.7 Å². The Bertz CT molecular complexity index is 494. The molecule has 0 atom stereocenters. The van der Waals surface area contributed by atoms with Crippen molar-refractivity contribution in [1.82, 2.24) is 4.90 Å². The number of carbonyl (C=O) groups is 2. The van der Waals surface area contributed by atoms with Gasteiger partial charge in [-0.05, 0) is 18.2 Å². The molecule has 104 valence electrons. The summed E-state index contributed by atoms with van der Waals surface area (Å²) in [6.07, 6.45) is -2.68. The average molecular weight is 276 g/mol. The predicted molar refractivity (Wildman–Crippen MR) is 61.0 cm³/mol. The lowest BCUT2D eigenvalue weighted by atomic mass is 10.2. The van der Waals surface area contributed by atoms with Crippen molar-refractivity contribution in [2.45, 2.75) is 6.43 Å². The maximum absolute atomic E-state index is 13.1. The van der Waals surface area contributed by atoms with E-state index in [-0.39, 0.29) is 5.69 Å². The van der Waals surface area contributed by atoms with Gasteiger partial charge in [-0.3, -0.25) is 0 Å². The summed E-state index contributed by atoms with van der Waals surface area (Å²) >= 11 is 0. The zero-order valence-electron chi connectivity index (χ0n) is 9.86. The van der Waals surface area contributed by atoms with E-state index in [1.807, 2.05) is 0 Å². The first-order valence-electron chi connectivity index (χ1n) is 5.14. The Morgan fingerprint density at radius 2 is 2.05 bits per heavy atom. The van der Waals surface area contributed by atoms with Gasteiger partial charge in [-0.25, -0.2) is 22.8 Å². The van der Waals surface area contributed by atoms with Gasteiger partial charge in [0.2, 0.25) is 0 Å². The molecule has 2 N–H and O–H groups in total. The number of carbonyl (C=O) groups excluding carboxylic acids is 1. The van der Waals surface area contributed by atoms with Gasteiger partial charge < -0.3 is 15.3 Å². The van der Waals surface area contributed by atoms with Crippen molar-refractivity contribution < 1.29 is 27.9 Å². The Kier molecular flexibility index (Phi) is 4.74. The molecule has 0 aliphatic heterocycles. The lowest BCUT2D eigenvalue weighted by Gasteiger charge is -2.17. The highest BCUT2D eigenvalue weighted by molar-refractivity contribution is 5.93. The lowest BCUT2D eigenvalue weighted by Crippen LogP contribution is -2.34. The Morgan fingerprint density at radius 3 is 2.58 bits per heavy atom. The second-order valence-corrected chi connectivity index (χ2v) is 3.70. The second kappa shape index (κ2) is 6.07. The molecular formula is C11H11F3N2O3. The molecular weight excluding hydrogens is 265 g/mol. The third-order valence-electron chi connectivity index (χ3n) is 2.21. The molecule has 0 bridgehead atoms. The van der Waals surface area contributed by atoms with Crippen molar-refractivity contribution in [3.63, 3.8) is 0 Å². The minimum absolute atomic E-state index is 0.00455. The van der Waals surface area contributed by atoms with Crippen molar-refractivity contribution in [1.29, 1.82) is 0 Å². The molecule has 0 saturated heterocycles. The number of alkyl halides is 2. The monoisotopic (exact) mass is 276 g/mol. The third-order valence-corrected chi connectivity index (χ3v) is 2.21. The molecule has 0 aliphatic carbocycles. The van der Waals surface area contributed by atoms with Crippen LogP contribution in [0.4, 0.5) is 23.7 Å². The number of carboxylic acids is 1. The van der Waals surface area contributed by atoms with E-state index in [2.05, 4.69) is 5.32 Å². The Balaban J connectivity index is 2.80. The molecule has 0 saturated carbocycles. The summed E-state index contributed by atoms with van der Waals surface area (Å²) in [5.41, 5.74) is -0.612. The van der Waals surface area contributed by atoms with E-state index in [0.29, 0.717) is 0 Å². The van der Waals surface area contributed by atoms with Crippen LogP contribution >= 0.6 is 0 Å². The fraction of sp³-hybridized carbons (Fsp3) is 0.273. The minimum atomic E-state index is -2.68. The SMILES string of the molecule is CN(CC(F)F)C(=O)Nc1ccc(F)c(C(=O)O)c1. The molecule has 19 heavy (non-hydrogen) atoms. The summed E-state index contributed by atoms with van der Waals surface area (Å²) in [6, 6.07) is 2.07. The van der Waals surface area contributed by atoms with Gasteiger partial charge in [-0.2, -0.15) is 0 Å². The van der Waals surface area contributed by atoms with Gasteiger partial charge in [0.1, 0.15) is 5.82 Å². The van der Waals surface area contributed by atoms with Crippen LogP contribution in [0.2, 0.25) is 0 Å². The fourth-order valence-electron chi connectivity index (χ4n) is 1.28. The smallest absolute Gasteiger partial charge is 0.338 e. The summed E-state index contributed by atoms with van der Waals surface area (Å²) in [6.45, 7) is -0.765. The number of nitrogens with zero attached hydrogens (tertiary/aromatic N) is 1. The number of rotatable bonds is 4. The first-order valence-corrected chi connectivity index (χ1v) is 5.14. The number of halogens is 3. The van der Waals surface area contributed by atoms with Gasteiger partial charge in [0.15, 0.2) is 0 Å². The molecule has 2 amide bonds. The molecule has 0 fully saturated rings. The largest absolute Gasteiger partial charge is 0.478 e. The van der Waals surface area contributed by atoms with Gasteiger partial charge in [0.05, 0.1) is 12.1 Å².